The summed E-state index contributed by atoms with van der Waals surface area (Å²) in [5, 5.41) is 3.92. The van der Waals surface area contributed by atoms with Crippen molar-refractivity contribution in [2.75, 3.05) is 5.32 Å². The van der Waals surface area contributed by atoms with Crippen LogP contribution in [0.1, 0.15) is 16.1 Å². The molecule has 3 aromatic rings. The summed E-state index contributed by atoms with van der Waals surface area (Å²) >= 11 is 0. The van der Waals surface area contributed by atoms with E-state index in [4.69, 9.17) is 0 Å². The number of nitrogens with zero attached hydrogens (tertiary/aromatic N) is 1. The van der Waals surface area contributed by atoms with E-state index in [1.165, 1.54) is 0 Å². The first-order valence-electron chi connectivity index (χ1n) is 6.03. The van der Waals surface area contributed by atoms with Gasteiger partial charge in [-0.15, -0.1) is 0 Å². The molecule has 94 valence electrons. The van der Waals surface area contributed by atoms with Gasteiger partial charge in [-0.05, 0) is 42.6 Å². The predicted molar refractivity (Wildman–Crippen MR) is 75.2 cm³/mol. The van der Waals surface area contributed by atoms with Crippen molar-refractivity contribution in [2.45, 2.75) is 6.92 Å². The van der Waals surface area contributed by atoms with Crippen LogP contribution in [0.4, 0.5) is 5.69 Å². The number of hydrogen-bond donors (Lipinski definition) is 2. The highest BCUT2D eigenvalue weighted by molar-refractivity contribution is 6.06. The van der Waals surface area contributed by atoms with Crippen LogP contribution in [-0.4, -0.2) is 15.9 Å². The first-order chi connectivity index (χ1) is 9.22. The molecule has 0 aliphatic rings. The van der Waals surface area contributed by atoms with Crippen molar-refractivity contribution < 1.29 is 4.79 Å². The van der Waals surface area contributed by atoms with Crippen LogP contribution >= 0.6 is 0 Å². The monoisotopic (exact) mass is 251 g/mol. The summed E-state index contributed by atoms with van der Waals surface area (Å²) in [6.45, 7) is 1.91. The van der Waals surface area contributed by atoms with Crippen molar-refractivity contribution in [1.29, 1.82) is 0 Å². The van der Waals surface area contributed by atoms with Crippen LogP contribution in [0.2, 0.25) is 0 Å². The fourth-order valence-electron chi connectivity index (χ4n) is 1.93. The summed E-state index contributed by atoms with van der Waals surface area (Å²) in [6.07, 6.45) is 3.51. The van der Waals surface area contributed by atoms with Crippen LogP contribution in [0.5, 0.6) is 0 Å². The number of rotatable bonds is 2. The topological polar surface area (TPSA) is 57.8 Å². The third-order valence-corrected chi connectivity index (χ3v) is 2.99. The van der Waals surface area contributed by atoms with Crippen molar-refractivity contribution in [3.8, 4) is 0 Å². The molecular weight excluding hydrogens is 238 g/mol. The molecule has 2 aromatic heterocycles. The molecule has 19 heavy (non-hydrogen) atoms. The highest BCUT2D eigenvalue weighted by Crippen LogP contribution is 2.15. The number of aromatic amines is 1. The van der Waals surface area contributed by atoms with Crippen LogP contribution in [0, 0.1) is 6.92 Å². The molecule has 4 nitrogen and oxygen atoms in total. The Kier molecular flexibility index (Phi) is 2.76. The number of anilines is 1. The van der Waals surface area contributed by atoms with Gasteiger partial charge in [-0.3, -0.25) is 9.78 Å². The Balaban J connectivity index is 1.84. The Morgan fingerprint density at radius 1 is 1.21 bits per heavy atom. The molecule has 0 aliphatic carbocycles. The summed E-state index contributed by atoms with van der Waals surface area (Å²) in [4.78, 5) is 19.4. The summed E-state index contributed by atoms with van der Waals surface area (Å²) in [6, 6.07) is 11.3. The van der Waals surface area contributed by atoms with Gasteiger partial charge < -0.3 is 10.3 Å². The summed E-state index contributed by atoms with van der Waals surface area (Å²) < 4.78 is 0. The average molecular weight is 251 g/mol. The summed E-state index contributed by atoms with van der Waals surface area (Å²) in [7, 11) is 0. The van der Waals surface area contributed by atoms with E-state index in [-0.39, 0.29) is 5.91 Å². The lowest BCUT2D eigenvalue weighted by Crippen LogP contribution is -2.11. The third-order valence-electron chi connectivity index (χ3n) is 2.99. The molecule has 0 fully saturated rings. The third kappa shape index (κ3) is 2.33. The lowest BCUT2D eigenvalue weighted by atomic mass is 10.1. The maximum absolute atomic E-state index is 12.1. The molecule has 0 spiro atoms. The predicted octanol–water partition coefficient (Wildman–Crippen LogP) is 3.12. The van der Waals surface area contributed by atoms with Gasteiger partial charge in [-0.25, -0.2) is 0 Å². The van der Waals surface area contributed by atoms with Crippen LogP contribution < -0.4 is 5.32 Å². The second kappa shape index (κ2) is 4.57. The molecule has 0 atom stereocenters. The molecule has 0 unspecified atom stereocenters. The van der Waals surface area contributed by atoms with Gasteiger partial charge in [-0.2, -0.15) is 0 Å². The lowest BCUT2D eigenvalue weighted by molar-refractivity contribution is 0.102. The number of pyridine rings is 1. The second-order valence-corrected chi connectivity index (χ2v) is 4.42. The normalized spacial score (nSPS) is 10.6. The van der Waals surface area contributed by atoms with E-state index in [1.807, 2.05) is 49.5 Å². The molecule has 1 amide bonds. The van der Waals surface area contributed by atoms with Crippen LogP contribution in [-0.2, 0) is 0 Å². The number of amides is 1. The fourth-order valence-corrected chi connectivity index (χ4v) is 1.93. The number of benzene rings is 1. The molecular formula is C15H13N3O. The smallest absolute Gasteiger partial charge is 0.255 e. The van der Waals surface area contributed by atoms with Gasteiger partial charge in [0, 0.05) is 23.0 Å². The molecule has 3 rings (SSSR count). The summed E-state index contributed by atoms with van der Waals surface area (Å²) in [5.41, 5.74) is 3.19. The highest BCUT2D eigenvalue weighted by atomic mass is 16.1. The number of H-pyrrole nitrogens is 1. The number of aromatic nitrogens is 2. The maximum Gasteiger partial charge on any atom is 0.255 e. The molecule has 1 aromatic carbocycles. The van der Waals surface area contributed by atoms with Gasteiger partial charge in [0.1, 0.15) is 0 Å². The molecule has 0 aliphatic heterocycles. The molecule has 0 saturated carbocycles. The quantitative estimate of drug-likeness (QED) is 0.735. The molecule has 0 radical (unpaired) electrons. The first kappa shape index (κ1) is 11.5. The number of carbonyl (C=O) groups is 1. The van der Waals surface area contributed by atoms with E-state index < -0.39 is 0 Å². The standard InChI is InChI=1S/C15H13N3O/c1-10-2-5-13(9-17-10)18-15(19)12-4-3-11-6-7-16-14(11)8-12/h2-9,16H,1H3,(H,18,19). The zero-order valence-electron chi connectivity index (χ0n) is 10.5. The van der Waals surface area contributed by atoms with Crippen LogP contribution in [0.25, 0.3) is 10.9 Å². The van der Waals surface area contributed by atoms with Gasteiger partial charge in [0.05, 0.1) is 11.9 Å². The Morgan fingerprint density at radius 2 is 2.11 bits per heavy atom. The SMILES string of the molecule is Cc1ccc(NC(=O)c2ccc3cc[nH]c3c2)cn1. The minimum atomic E-state index is -0.137. The lowest BCUT2D eigenvalue weighted by Gasteiger charge is -2.05. The maximum atomic E-state index is 12.1. The van der Waals surface area contributed by atoms with Crippen molar-refractivity contribution in [2.24, 2.45) is 0 Å². The number of nitrogens with one attached hydrogen (secondary N) is 2. The minimum Gasteiger partial charge on any atom is -0.361 e. The number of carbonyl (C=O) groups excluding carboxylic acids is 1. The Morgan fingerprint density at radius 3 is 2.89 bits per heavy atom. The molecule has 0 bridgehead atoms. The zero-order valence-corrected chi connectivity index (χ0v) is 10.5. The van der Waals surface area contributed by atoms with Gasteiger partial charge in [-0.1, -0.05) is 6.07 Å². The van der Waals surface area contributed by atoms with E-state index >= 15 is 0 Å². The minimum absolute atomic E-state index is 0.137. The molecule has 2 N–H and O–H groups in total. The number of hydrogen-bond acceptors (Lipinski definition) is 2. The average Bonchev–Trinajstić information content (AvgIpc) is 2.88. The molecule has 0 saturated heterocycles. The van der Waals surface area contributed by atoms with E-state index in [0.29, 0.717) is 11.3 Å². The van der Waals surface area contributed by atoms with E-state index in [0.717, 1.165) is 16.6 Å². The Labute approximate surface area is 110 Å². The van der Waals surface area contributed by atoms with Crippen molar-refractivity contribution >= 4 is 22.5 Å². The summed E-state index contributed by atoms with van der Waals surface area (Å²) in [5.74, 6) is -0.137. The number of aryl methyl sites for hydroxylation is 1. The Bertz CT molecular complexity index is 728. The number of fused-ring (bicyclic) bond motifs is 1. The zero-order chi connectivity index (χ0) is 13.2. The van der Waals surface area contributed by atoms with Crippen molar-refractivity contribution in [3.05, 3.63) is 60.0 Å². The van der Waals surface area contributed by atoms with Crippen LogP contribution in [0.3, 0.4) is 0 Å². The van der Waals surface area contributed by atoms with E-state index in [9.17, 15) is 4.79 Å². The van der Waals surface area contributed by atoms with Crippen molar-refractivity contribution in [3.63, 3.8) is 0 Å². The molecule has 2 heterocycles. The van der Waals surface area contributed by atoms with Gasteiger partial charge in [0.2, 0.25) is 0 Å². The van der Waals surface area contributed by atoms with Gasteiger partial charge >= 0.3 is 0 Å². The van der Waals surface area contributed by atoms with Crippen LogP contribution in [0.15, 0.2) is 48.8 Å². The fraction of sp³-hybridized carbons (Fsp3) is 0.0667. The van der Waals surface area contributed by atoms with E-state index in [1.54, 1.807) is 6.20 Å². The first-order valence-corrected chi connectivity index (χ1v) is 6.03. The van der Waals surface area contributed by atoms with Gasteiger partial charge in [0.25, 0.3) is 5.91 Å². The second-order valence-electron chi connectivity index (χ2n) is 4.42. The highest BCUT2D eigenvalue weighted by Gasteiger charge is 2.07. The van der Waals surface area contributed by atoms with Crippen molar-refractivity contribution in [1.82, 2.24) is 9.97 Å². The largest absolute Gasteiger partial charge is 0.361 e. The van der Waals surface area contributed by atoms with Gasteiger partial charge in [0.15, 0.2) is 0 Å². The Hall–Kier alpha value is -2.62. The molecule has 4 heteroatoms. The van der Waals surface area contributed by atoms with E-state index in [2.05, 4.69) is 15.3 Å².